The Bertz CT molecular complexity index is 1290. The largest absolute Gasteiger partial charge is 0.495 e. The minimum Gasteiger partial charge on any atom is -0.495 e. The van der Waals surface area contributed by atoms with Crippen LogP contribution in [0.3, 0.4) is 0 Å². The minimum atomic E-state index is -3.75. The zero-order valence-corrected chi connectivity index (χ0v) is 21.7. The Morgan fingerprint density at radius 2 is 1.51 bits per heavy atom. The molecule has 2 heterocycles. The van der Waals surface area contributed by atoms with Gasteiger partial charge in [0, 0.05) is 31.9 Å². The summed E-state index contributed by atoms with van der Waals surface area (Å²) in [6.07, 6.45) is 0. The van der Waals surface area contributed by atoms with Crippen molar-refractivity contribution in [2.24, 2.45) is 0 Å². The van der Waals surface area contributed by atoms with Crippen LogP contribution in [-0.4, -0.2) is 85.5 Å². The third-order valence-corrected chi connectivity index (χ3v) is 8.20. The Labute approximate surface area is 215 Å². The second-order valence-corrected chi connectivity index (χ2v) is 10.2. The zero-order chi connectivity index (χ0) is 26.6. The number of sulfonamides is 1. The first kappa shape index (κ1) is 26.5. The molecule has 2 aromatic carbocycles. The summed E-state index contributed by atoms with van der Waals surface area (Å²) >= 11 is 0. The SMILES string of the molecule is COC(=O)C1=C(C(=O)OC)N(c2ccc(S(=O)(=O)N3CCN(c4ccccc4OC)CC3)cc2)COC1. The number of rotatable bonds is 7. The van der Waals surface area contributed by atoms with Gasteiger partial charge in [0.1, 0.15) is 18.2 Å². The van der Waals surface area contributed by atoms with Crippen LogP contribution in [0.2, 0.25) is 0 Å². The average Bonchev–Trinajstić information content (AvgIpc) is 2.96. The Morgan fingerprint density at radius 3 is 2.14 bits per heavy atom. The number of anilines is 2. The first-order valence-corrected chi connectivity index (χ1v) is 13.0. The van der Waals surface area contributed by atoms with Crippen LogP contribution in [-0.2, 0) is 33.8 Å². The van der Waals surface area contributed by atoms with Gasteiger partial charge in [-0.05, 0) is 36.4 Å². The van der Waals surface area contributed by atoms with Gasteiger partial charge in [0.2, 0.25) is 10.0 Å². The number of esters is 2. The molecule has 0 bridgehead atoms. The molecule has 4 rings (SSSR count). The van der Waals surface area contributed by atoms with E-state index in [9.17, 15) is 18.0 Å². The third kappa shape index (κ3) is 5.26. The van der Waals surface area contributed by atoms with Crippen molar-refractivity contribution in [2.45, 2.75) is 4.90 Å². The van der Waals surface area contributed by atoms with Gasteiger partial charge in [0.15, 0.2) is 0 Å². The second kappa shape index (κ2) is 11.2. The number of carbonyl (C=O) groups excluding carboxylic acids is 2. The van der Waals surface area contributed by atoms with Crippen molar-refractivity contribution in [3.8, 4) is 5.75 Å². The van der Waals surface area contributed by atoms with Gasteiger partial charge in [0.25, 0.3) is 0 Å². The Hall–Kier alpha value is -3.61. The topological polar surface area (TPSA) is 115 Å². The molecule has 0 aliphatic carbocycles. The number of benzene rings is 2. The van der Waals surface area contributed by atoms with E-state index < -0.39 is 22.0 Å². The molecule has 0 aromatic heterocycles. The minimum absolute atomic E-state index is 0.0105. The molecule has 0 spiro atoms. The van der Waals surface area contributed by atoms with Crippen molar-refractivity contribution in [1.82, 2.24) is 4.31 Å². The maximum atomic E-state index is 13.3. The smallest absolute Gasteiger partial charge is 0.355 e. The molecular weight excluding hydrogens is 502 g/mol. The quantitative estimate of drug-likeness (QED) is 0.488. The lowest BCUT2D eigenvalue weighted by Gasteiger charge is -2.36. The monoisotopic (exact) mass is 531 g/mol. The highest BCUT2D eigenvalue weighted by atomic mass is 32.2. The molecule has 1 fully saturated rings. The highest BCUT2D eigenvalue weighted by Gasteiger charge is 2.33. The van der Waals surface area contributed by atoms with Crippen LogP contribution < -0.4 is 14.5 Å². The van der Waals surface area contributed by atoms with Gasteiger partial charge in [-0.3, -0.25) is 0 Å². The molecule has 37 heavy (non-hydrogen) atoms. The van der Waals surface area contributed by atoms with Crippen molar-refractivity contribution in [1.29, 1.82) is 0 Å². The van der Waals surface area contributed by atoms with Crippen molar-refractivity contribution in [2.75, 3.05) is 70.6 Å². The number of hydrogen-bond donors (Lipinski definition) is 0. The molecule has 198 valence electrons. The van der Waals surface area contributed by atoms with E-state index in [1.807, 2.05) is 24.3 Å². The van der Waals surface area contributed by atoms with Crippen LogP contribution in [0.4, 0.5) is 11.4 Å². The number of methoxy groups -OCH3 is 3. The van der Waals surface area contributed by atoms with E-state index in [0.29, 0.717) is 31.9 Å². The lowest BCUT2D eigenvalue weighted by molar-refractivity contribution is -0.140. The van der Waals surface area contributed by atoms with Gasteiger partial charge in [-0.2, -0.15) is 4.31 Å². The molecule has 2 aromatic rings. The van der Waals surface area contributed by atoms with E-state index in [1.165, 1.54) is 35.6 Å². The molecule has 0 radical (unpaired) electrons. The molecule has 11 nitrogen and oxygen atoms in total. The normalized spacial score (nSPS) is 16.9. The van der Waals surface area contributed by atoms with E-state index in [1.54, 1.807) is 19.2 Å². The molecule has 0 N–H and O–H groups in total. The fraction of sp³-hybridized carbons (Fsp3) is 0.360. The predicted molar refractivity (Wildman–Crippen MR) is 135 cm³/mol. The van der Waals surface area contributed by atoms with Gasteiger partial charge in [-0.1, -0.05) is 12.1 Å². The second-order valence-electron chi connectivity index (χ2n) is 8.27. The van der Waals surface area contributed by atoms with Crippen molar-refractivity contribution in [3.05, 3.63) is 59.8 Å². The average molecular weight is 532 g/mol. The van der Waals surface area contributed by atoms with E-state index in [4.69, 9.17) is 18.9 Å². The number of para-hydroxylation sites is 2. The van der Waals surface area contributed by atoms with Crippen LogP contribution in [0.25, 0.3) is 0 Å². The van der Waals surface area contributed by atoms with Crippen molar-refractivity contribution >= 4 is 33.3 Å². The van der Waals surface area contributed by atoms with Gasteiger partial charge in [-0.15, -0.1) is 0 Å². The van der Waals surface area contributed by atoms with Crippen LogP contribution in [0, 0.1) is 0 Å². The first-order chi connectivity index (χ1) is 17.8. The summed E-state index contributed by atoms with van der Waals surface area (Å²) < 4.78 is 48.7. The molecule has 0 amide bonds. The van der Waals surface area contributed by atoms with Crippen LogP contribution in [0.15, 0.2) is 64.7 Å². The summed E-state index contributed by atoms with van der Waals surface area (Å²) in [5.74, 6) is -0.698. The zero-order valence-electron chi connectivity index (χ0n) is 20.9. The summed E-state index contributed by atoms with van der Waals surface area (Å²) in [6, 6.07) is 13.7. The summed E-state index contributed by atoms with van der Waals surface area (Å²) in [5, 5.41) is 0. The molecule has 2 aliphatic rings. The summed E-state index contributed by atoms with van der Waals surface area (Å²) in [7, 11) is 0.282. The van der Waals surface area contributed by atoms with Gasteiger partial charge < -0.3 is 28.7 Å². The van der Waals surface area contributed by atoms with Crippen LogP contribution in [0.1, 0.15) is 0 Å². The Kier molecular flexibility index (Phi) is 8.00. The number of piperazine rings is 1. The van der Waals surface area contributed by atoms with Gasteiger partial charge in [0.05, 0.1) is 44.1 Å². The Balaban J connectivity index is 1.52. The molecular formula is C25H29N3O8S. The van der Waals surface area contributed by atoms with Crippen LogP contribution in [0.5, 0.6) is 5.75 Å². The lowest BCUT2D eigenvalue weighted by Crippen LogP contribution is -2.48. The predicted octanol–water partition coefficient (Wildman–Crippen LogP) is 1.60. The molecule has 12 heteroatoms. The number of hydrogen-bond acceptors (Lipinski definition) is 10. The lowest BCUT2D eigenvalue weighted by atomic mass is 10.1. The maximum absolute atomic E-state index is 13.3. The van der Waals surface area contributed by atoms with E-state index in [0.717, 1.165) is 11.4 Å². The van der Waals surface area contributed by atoms with Crippen molar-refractivity contribution < 1.29 is 37.0 Å². The van der Waals surface area contributed by atoms with Gasteiger partial charge >= 0.3 is 11.9 Å². The fourth-order valence-electron chi connectivity index (χ4n) is 4.35. The third-order valence-electron chi connectivity index (χ3n) is 6.28. The highest BCUT2D eigenvalue weighted by Crippen LogP contribution is 2.31. The summed E-state index contributed by atoms with van der Waals surface area (Å²) in [4.78, 5) is 28.4. The molecule has 1 saturated heterocycles. The first-order valence-electron chi connectivity index (χ1n) is 11.5. The molecule has 0 atom stereocenters. The van der Waals surface area contributed by atoms with E-state index in [2.05, 4.69) is 4.90 Å². The molecule has 0 unspecified atom stereocenters. The molecule has 0 saturated carbocycles. The number of ether oxygens (including phenoxy) is 4. The van der Waals surface area contributed by atoms with E-state index >= 15 is 0 Å². The van der Waals surface area contributed by atoms with Crippen LogP contribution >= 0.6 is 0 Å². The number of carbonyl (C=O) groups is 2. The standard InChI is InChI=1S/C25H29N3O8S/c1-33-22-7-5-4-6-21(22)26-12-14-27(15-13-26)37(31,32)19-10-8-18(9-11-19)28-17-36-16-20(24(29)34-2)23(28)25(30)35-3/h4-11H,12-17H2,1-3H3. The van der Waals surface area contributed by atoms with Crippen molar-refractivity contribution in [3.63, 3.8) is 0 Å². The fourth-order valence-corrected chi connectivity index (χ4v) is 5.78. The summed E-state index contributed by atoms with van der Waals surface area (Å²) in [6.45, 7) is 1.54. The summed E-state index contributed by atoms with van der Waals surface area (Å²) in [5.41, 5.74) is 1.39. The maximum Gasteiger partial charge on any atom is 0.355 e. The molecule has 2 aliphatic heterocycles. The van der Waals surface area contributed by atoms with E-state index in [-0.39, 0.29) is 29.5 Å². The number of nitrogens with zero attached hydrogens (tertiary/aromatic N) is 3. The highest BCUT2D eigenvalue weighted by molar-refractivity contribution is 7.89. The Morgan fingerprint density at radius 1 is 0.865 bits per heavy atom. The van der Waals surface area contributed by atoms with Gasteiger partial charge in [-0.25, -0.2) is 18.0 Å².